The molecule has 2 rings (SSSR count). The summed E-state index contributed by atoms with van der Waals surface area (Å²) >= 11 is 0. The maximum absolute atomic E-state index is 4.37. The van der Waals surface area contributed by atoms with Gasteiger partial charge in [-0.3, -0.25) is 4.68 Å². The number of nitrogens with one attached hydrogen (secondary N) is 1. The standard InChI is InChI=1S/C16H23N3/c1-3-17-16(15-12-18-19(4-2)13-15)11-10-14-8-6-5-7-9-14/h5-9,12-13,16-17H,3-4,10-11H2,1-2H3. The Kier molecular flexibility index (Phi) is 5.16. The summed E-state index contributed by atoms with van der Waals surface area (Å²) in [6, 6.07) is 11.1. The minimum Gasteiger partial charge on any atom is -0.310 e. The lowest BCUT2D eigenvalue weighted by Gasteiger charge is -2.16. The molecular weight excluding hydrogens is 234 g/mol. The van der Waals surface area contributed by atoms with Crippen LogP contribution in [0.2, 0.25) is 0 Å². The molecule has 3 heteroatoms. The van der Waals surface area contributed by atoms with Crippen LogP contribution in [0.4, 0.5) is 0 Å². The molecule has 1 aromatic heterocycles. The highest BCUT2D eigenvalue weighted by Gasteiger charge is 2.12. The van der Waals surface area contributed by atoms with E-state index in [-0.39, 0.29) is 0 Å². The van der Waals surface area contributed by atoms with Crippen molar-refractivity contribution < 1.29 is 0 Å². The molecule has 0 bridgehead atoms. The Hall–Kier alpha value is -1.61. The van der Waals surface area contributed by atoms with Gasteiger partial charge in [-0.15, -0.1) is 0 Å². The Morgan fingerprint density at radius 1 is 1.21 bits per heavy atom. The van der Waals surface area contributed by atoms with E-state index in [0.717, 1.165) is 25.9 Å². The van der Waals surface area contributed by atoms with Gasteiger partial charge in [-0.2, -0.15) is 5.10 Å². The largest absolute Gasteiger partial charge is 0.310 e. The van der Waals surface area contributed by atoms with Crippen LogP contribution in [-0.2, 0) is 13.0 Å². The first kappa shape index (κ1) is 13.8. The fourth-order valence-corrected chi connectivity index (χ4v) is 2.32. The Morgan fingerprint density at radius 3 is 2.63 bits per heavy atom. The molecule has 0 aliphatic heterocycles. The molecule has 0 saturated heterocycles. The molecule has 0 fully saturated rings. The molecule has 0 spiro atoms. The highest BCUT2D eigenvalue weighted by atomic mass is 15.3. The van der Waals surface area contributed by atoms with Crippen LogP contribution in [0.5, 0.6) is 0 Å². The molecule has 19 heavy (non-hydrogen) atoms. The fourth-order valence-electron chi connectivity index (χ4n) is 2.32. The predicted molar refractivity (Wildman–Crippen MR) is 79.1 cm³/mol. The summed E-state index contributed by atoms with van der Waals surface area (Å²) in [7, 11) is 0. The van der Waals surface area contributed by atoms with Crippen LogP contribution in [0, 0.1) is 0 Å². The number of aryl methyl sites for hydroxylation is 2. The van der Waals surface area contributed by atoms with Gasteiger partial charge in [0.05, 0.1) is 6.20 Å². The van der Waals surface area contributed by atoms with Gasteiger partial charge in [0.1, 0.15) is 0 Å². The van der Waals surface area contributed by atoms with Gasteiger partial charge >= 0.3 is 0 Å². The van der Waals surface area contributed by atoms with Crippen molar-refractivity contribution in [3.8, 4) is 0 Å². The zero-order valence-corrected chi connectivity index (χ0v) is 11.8. The number of rotatable bonds is 7. The first-order chi connectivity index (χ1) is 9.33. The third-order valence-corrected chi connectivity index (χ3v) is 3.39. The lowest BCUT2D eigenvalue weighted by molar-refractivity contribution is 0.514. The van der Waals surface area contributed by atoms with Crippen LogP contribution in [0.3, 0.4) is 0 Å². The number of nitrogens with zero attached hydrogens (tertiary/aromatic N) is 2. The van der Waals surface area contributed by atoms with Crippen molar-refractivity contribution in [2.45, 2.75) is 39.3 Å². The first-order valence-corrected chi connectivity index (χ1v) is 7.13. The van der Waals surface area contributed by atoms with E-state index in [4.69, 9.17) is 0 Å². The van der Waals surface area contributed by atoms with E-state index in [1.807, 2.05) is 10.9 Å². The van der Waals surface area contributed by atoms with Gasteiger partial charge < -0.3 is 5.32 Å². The van der Waals surface area contributed by atoms with Crippen LogP contribution < -0.4 is 5.32 Å². The molecule has 0 saturated carbocycles. The number of hydrogen-bond acceptors (Lipinski definition) is 2. The van der Waals surface area contributed by atoms with Gasteiger partial charge in [0.2, 0.25) is 0 Å². The first-order valence-electron chi connectivity index (χ1n) is 7.13. The monoisotopic (exact) mass is 257 g/mol. The Bertz CT molecular complexity index is 476. The van der Waals surface area contributed by atoms with Crippen molar-refractivity contribution >= 4 is 0 Å². The molecule has 1 heterocycles. The van der Waals surface area contributed by atoms with Gasteiger partial charge in [-0.05, 0) is 31.9 Å². The van der Waals surface area contributed by atoms with Gasteiger partial charge in [0.15, 0.2) is 0 Å². The summed E-state index contributed by atoms with van der Waals surface area (Å²) in [5, 5.41) is 7.92. The molecule has 2 aromatic rings. The average molecular weight is 257 g/mol. The van der Waals surface area contributed by atoms with Gasteiger partial charge in [0, 0.05) is 24.3 Å². The van der Waals surface area contributed by atoms with Crippen LogP contribution in [-0.4, -0.2) is 16.3 Å². The smallest absolute Gasteiger partial charge is 0.0537 e. The minimum absolute atomic E-state index is 0.394. The summed E-state index contributed by atoms with van der Waals surface area (Å²) in [6.07, 6.45) is 6.34. The second-order valence-corrected chi connectivity index (χ2v) is 4.76. The third-order valence-electron chi connectivity index (χ3n) is 3.39. The SMILES string of the molecule is CCNC(CCc1ccccc1)c1cnn(CC)c1. The highest BCUT2D eigenvalue weighted by Crippen LogP contribution is 2.18. The molecule has 102 valence electrons. The molecule has 3 nitrogen and oxygen atoms in total. The lowest BCUT2D eigenvalue weighted by Crippen LogP contribution is -2.21. The van der Waals surface area contributed by atoms with Crippen molar-refractivity contribution in [3.05, 3.63) is 53.9 Å². The lowest BCUT2D eigenvalue weighted by atomic mass is 10.0. The summed E-state index contributed by atoms with van der Waals surface area (Å²) in [5.41, 5.74) is 2.69. The summed E-state index contributed by atoms with van der Waals surface area (Å²) < 4.78 is 1.99. The van der Waals surface area contributed by atoms with E-state index in [9.17, 15) is 0 Å². The minimum atomic E-state index is 0.394. The predicted octanol–water partition coefficient (Wildman–Crippen LogP) is 3.19. The molecule has 1 aromatic carbocycles. The summed E-state index contributed by atoms with van der Waals surface area (Å²) in [6.45, 7) is 6.18. The zero-order valence-electron chi connectivity index (χ0n) is 11.8. The van der Waals surface area contributed by atoms with E-state index in [2.05, 4.69) is 60.8 Å². The Balaban J connectivity index is 1.99. The summed E-state index contributed by atoms with van der Waals surface area (Å²) in [5.74, 6) is 0. The second-order valence-electron chi connectivity index (χ2n) is 4.76. The third kappa shape index (κ3) is 3.93. The number of benzene rings is 1. The second kappa shape index (κ2) is 7.10. The van der Waals surface area contributed by atoms with E-state index >= 15 is 0 Å². The van der Waals surface area contributed by atoms with Gasteiger partial charge in [-0.25, -0.2) is 0 Å². The van der Waals surface area contributed by atoms with E-state index in [1.54, 1.807) is 0 Å². The zero-order chi connectivity index (χ0) is 13.5. The van der Waals surface area contributed by atoms with Gasteiger partial charge in [-0.1, -0.05) is 37.3 Å². The molecule has 1 atom stereocenters. The topological polar surface area (TPSA) is 29.9 Å². The molecule has 1 N–H and O–H groups in total. The molecule has 1 unspecified atom stereocenters. The maximum Gasteiger partial charge on any atom is 0.0537 e. The van der Waals surface area contributed by atoms with Crippen molar-refractivity contribution in [3.63, 3.8) is 0 Å². The quantitative estimate of drug-likeness (QED) is 0.825. The maximum atomic E-state index is 4.37. The molecule has 0 amide bonds. The molecular formula is C16H23N3. The molecule has 0 aliphatic rings. The number of aromatic nitrogens is 2. The van der Waals surface area contributed by atoms with E-state index < -0.39 is 0 Å². The van der Waals surface area contributed by atoms with E-state index in [1.165, 1.54) is 11.1 Å². The molecule has 0 aliphatic carbocycles. The van der Waals surface area contributed by atoms with Crippen molar-refractivity contribution in [2.24, 2.45) is 0 Å². The molecule has 0 radical (unpaired) electrons. The average Bonchev–Trinajstić information content (AvgIpc) is 2.93. The van der Waals surface area contributed by atoms with Crippen LogP contribution >= 0.6 is 0 Å². The van der Waals surface area contributed by atoms with Gasteiger partial charge in [0.25, 0.3) is 0 Å². The highest BCUT2D eigenvalue weighted by molar-refractivity contribution is 5.16. The Labute approximate surface area is 115 Å². The van der Waals surface area contributed by atoms with Crippen molar-refractivity contribution in [1.82, 2.24) is 15.1 Å². The Morgan fingerprint density at radius 2 is 2.00 bits per heavy atom. The van der Waals surface area contributed by atoms with E-state index in [0.29, 0.717) is 6.04 Å². The van der Waals surface area contributed by atoms with Crippen LogP contribution in [0.1, 0.15) is 37.4 Å². The van der Waals surface area contributed by atoms with Crippen LogP contribution in [0.15, 0.2) is 42.7 Å². The fraction of sp³-hybridized carbons (Fsp3) is 0.438. The van der Waals surface area contributed by atoms with Crippen molar-refractivity contribution in [1.29, 1.82) is 0 Å². The summed E-state index contributed by atoms with van der Waals surface area (Å²) in [4.78, 5) is 0. The van der Waals surface area contributed by atoms with Crippen molar-refractivity contribution in [2.75, 3.05) is 6.54 Å². The number of hydrogen-bond donors (Lipinski definition) is 1. The normalized spacial score (nSPS) is 12.5. The van der Waals surface area contributed by atoms with Crippen LogP contribution in [0.25, 0.3) is 0 Å².